The van der Waals surface area contributed by atoms with E-state index in [0.29, 0.717) is 0 Å². The summed E-state index contributed by atoms with van der Waals surface area (Å²) in [5.74, 6) is 1.72. The van der Waals surface area contributed by atoms with Crippen LogP contribution in [-0.2, 0) is 12.8 Å². The zero-order chi connectivity index (χ0) is 14.4. The molecule has 0 spiro atoms. The van der Waals surface area contributed by atoms with Gasteiger partial charge in [-0.2, -0.15) is 0 Å². The summed E-state index contributed by atoms with van der Waals surface area (Å²) in [4.78, 5) is 11.8. The highest BCUT2D eigenvalue weighted by Gasteiger charge is 2.21. The Bertz CT molecular complexity index is 824. The molecule has 1 aromatic carbocycles. The molecule has 1 N–H and O–H groups in total. The van der Waals surface area contributed by atoms with Gasteiger partial charge in [0.25, 0.3) is 0 Å². The molecular formula is C16H14ClN3S. The smallest absolute Gasteiger partial charge is 0.143 e. The normalized spacial score (nSPS) is 13.6. The number of anilines is 2. The van der Waals surface area contributed by atoms with Gasteiger partial charge >= 0.3 is 0 Å². The third-order valence-corrected chi connectivity index (χ3v) is 5.22. The largest absolute Gasteiger partial charge is 0.340 e. The average molecular weight is 316 g/mol. The van der Waals surface area contributed by atoms with Gasteiger partial charge in [0.15, 0.2) is 0 Å². The van der Waals surface area contributed by atoms with Crippen LogP contribution >= 0.6 is 22.9 Å². The molecular weight excluding hydrogens is 302 g/mol. The van der Waals surface area contributed by atoms with E-state index < -0.39 is 0 Å². The maximum atomic E-state index is 5.94. The molecule has 0 fully saturated rings. The van der Waals surface area contributed by atoms with Crippen molar-refractivity contribution in [2.24, 2.45) is 0 Å². The number of nitrogens with zero attached hydrogens (tertiary/aromatic N) is 2. The highest BCUT2D eigenvalue weighted by atomic mass is 35.5. The number of fused-ring (bicyclic) bond motifs is 3. The first-order valence-corrected chi connectivity index (χ1v) is 8.21. The molecule has 4 rings (SSSR count). The van der Waals surface area contributed by atoms with E-state index in [2.05, 4.69) is 15.3 Å². The molecule has 106 valence electrons. The van der Waals surface area contributed by atoms with Crippen molar-refractivity contribution >= 4 is 44.7 Å². The first kappa shape index (κ1) is 13.0. The Morgan fingerprint density at radius 1 is 1.14 bits per heavy atom. The second kappa shape index (κ2) is 4.97. The fourth-order valence-corrected chi connectivity index (χ4v) is 4.30. The minimum absolute atomic E-state index is 0.737. The van der Waals surface area contributed by atoms with E-state index in [1.807, 2.05) is 42.5 Å². The predicted octanol–water partition coefficient (Wildman–Crippen LogP) is 4.89. The molecule has 2 aromatic heterocycles. The number of thiophene rings is 1. The summed E-state index contributed by atoms with van der Waals surface area (Å²) in [6.07, 6.45) is 3.55. The zero-order valence-corrected chi connectivity index (χ0v) is 13.2. The van der Waals surface area contributed by atoms with Crippen LogP contribution in [0, 0.1) is 6.92 Å². The third kappa shape index (κ3) is 2.28. The van der Waals surface area contributed by atoms with Crippen molar-refractivity contribution in [3.63, 3.8) is 0 Å². The number of hydrogen-bond acceptors (Lipinski definition) is 4. The molecule has 3 nitrogen and oxygen atoms in total. The lowest BCUT2D eigenvalue weighted by atomic mass is 10.2. The number of benzene rings is 1. The van der Waals surface area contributed by atoms with Crippen molar-refractivity contribution in [2.45, 2.75) is 26.2 Å². The van der Waals surface area contributed by atoms with E-state index >= 15 is 0 Å². The van der Waals surface area contributed by atoms with Crippen molar-refractivity contribution in [1.82, 2.24) is 9.97 Å². The molecule has 0 aliphatic heterocycles. The highest BCUT2D eigenvalue weighted by Crippen LogP contribution is 2.40. The van der Waals surface area contributed by atoms with Crippen LogP contribution in [0.1, 0.15) is 22.7 Å². The first-order valence-electron chi connectivity index (χ1n) is 7.02. The lowest BCUT2D eigenvalue weighted by Crippen LogP contribution is -1.98. The Morgan fingerprint density at radius 3 is 2.76 bits per heavy atom. The molecule has 21 heavy (non-hydrogen) atoms. The number of hydrogen-bond donors (Lipinski definition) is 1. The molecule has 1 aliphatic rings. The Balaban J connectivity index is 1.85. The fraction of sp³-hybridized carbons (Fsp3) is 0.250. The van der Waals surface area contributed by atoms with Gasteiger partial charge in [0.2, 0.25) is 0 Å². The molecule has 0 radical (unpaired) electrons. The van der Waals surface area contributed by atoms with E-state index in [1.165, 1.54) is 28.7 Å². The summed E-state index contributed by atoms with van der Waals surface area (Å²) in [5.41, 5.74) is 2.43. The second-order valence-corrected chi connectivity index (χ2v) is 6.81. The van der Waals surface area contributed by atoms with Crippen LogP contribution in [0.2, 0.25) is 5.02 Å². The van der Waals surface area contributed by atoms with E-state index in [0.717, 1.165) is 33.6 Å². The van der Waals surface area contributed by atoms with Gasteiger partial charge in [0.1, 0.15) is 16.5 Å². The maximum Gasteiger partial charge on any atom is 0.143 e. The van der Waals surface area contributed by atoms with Gasteiger partial charge in [-0.05, 0) is 56.0 Å². The molecule has 3 aromatic rings. The number of rotatable bonds is 2. The Kier molecular flexibility index (Phi) is 3.08. The quantitative estimate of drug-likeness (QED) is 0.732. The molecule has 5 heteroatoms. The van der Waals surface area contributed by atoms with Crippen LogP contribution in [0.25, 0.3) is 10.2 Å². The number of nitrogens with one attached hydrogen (secondary N) is 1. The van der Waals surface area contributed by atoms with Crippen LogP contribution in [0.15, 0.2) is 24.3 Å². The second-order valence-electron chi connectivity index (χ2n) is 5.29. The van der Waals surface area contributed by atoms with Crippen LogP contribution in [0.4, 0.5) is 11.5 Å². The molecule has 0 saturated heterocycles. The van der Waals surface area contributed by atoms with E-state index in [1.54, 1.807) is 0 Å². The van der Waals surface area contributed by atoms with E-state index in [9.17, 15) is 0 Å². The maximum absolute atomic E-state index is 5.94. The summed E-state index contributed by atoms with van der Waals surface area (Å²) in [6.45, 7) is 1.94. The standard InChI is InChI=1S/C16H14ClN3S/c1-9-18-15(20-11-7-5-10(17)6-8-11)14-12-3-2-4-13(12)21-16(14)19-9/h5-8H,2-4H2,1H3,(H,18,19,20). The molecule has 0 unspecified atom stereocenters. The SMILES string of the molecule is Cc1nc(Nc2ccc(Cl)cc2)c2c3c(sc2n1)CCC3. The lowest BCUT2D eigenvalue weighted by molar-refractivity contribution is 0.917. The summed E-state index contributed by atoms with van der Waals surface area (Å²) in [6, 6.07) is 7.71. The predicted molar refractivity (Wildman–Crippen MR) is 88.9 cm³/mol. The van der Waals surface area contributed by atoms with Gasteiger partial charge in [0.05, 0.1) is 5.39 Å². The summed E-state index contributed by atoms with van der Waals surface area (Å²) in [5, 5.41) is 5.37. The fourth-order valence-electron chi connectivity index (χ4n) is 2.86. The Labute approximate surface area is 132 Å². The molecule has 0 amide bonds. The van der Waals surface area contributed by atoms with Gasteiger partial charge < -0.3 is 5.32 Å². The number of halogens is 1. The van der Waals surface area contributed by atoms with Crippen molar-refractivity contribution < 1.29 is 0 Å². The van der Waals surface area contributed by atoms with Crippen molar-refractivity contribution in [1.29, 1.82) is 0 Å². The average Bonchev–Trinajstić information content (AvgIpc) is 3.01. The number of aryl methyl sites for hydroxylation is 3. The first-order chi connectivity index (χ1) is 10.2. The zero-order valence-electron chi connectivity index (χ0n) is 11.6. The van der Waals surface area contributed by atoms with Crippen LogP contribution in [0.5, 0.6) is 0 Å². The van der Waals surface area contributed by atoms with Gasteiger partial charge in [-0.25, -0.2) is 9.97 Å². The van der Waals surface area contributed by atoms with Crippen LogP contribution in [0.3, 0.4) is 0 Å². The van der Waals surface area contributed by atoms with Gasteiger partial charge in [-0.3, -0.25) is 0 Å². The van der Waals surface area contributed by atoms with Gasteiger partial charge in [-0.15, -0.1) is 11.3 Å². The van der Waals surface area contributed by atoms with Gasteiger partial charge in [0, 0.05) is 15.6 Å². The van der Waals surface area contributed by atoms with Gasteiger partial charge in [-0.1, -0.05) is 11.6 Å². The minimum atomic E-state index is 0.737. The molecule has 1 aliphatic carbocycles. The molecule has 0 bridgehead atoms. The topological polar surface area (TPSA) is 37.8 Å². The summed E-state index contributed by atoms with van der Waals surface area (Å²) in [7, 11) is 0. The lowest BCUT2D eigenvalue weighted by Gasteiger charge is -2.09. The van der Waals surface area contributed by atoms with Crippen LogP contribution in [-0.4, -0.2) is 9.97 Å². The third-order valence-electron chi connectivity index (χ3n) is 3.78. The highest BCUT2D eigenvalue weighted by molar-refractivity contribution is 7.19. The number of aromatic nitrogens is 2. The Hall–Kier alpha value is -1.65. The van der Waals surface area contributed by atoms with Crippen molar-refractivity contribution in [3.8, 4) is 0 Å². The Morgan fingerprint density at radius 2 is 1.95 bits per heavy atom. The molecule has 2 heterocycles. The van der Waals surface area contributed by atoms with Crippen LogP contribution < -0.4 is 5.32 Å². The molecule has 0 atom stereocenters. The van der Waals surface area contributed by atoms with E-state index in [-0.39, 0.29) is 0 Å². The summed E-state index contributed by atoms with van der Waals surface area (Å²) < 4.78 is 0. The minimum Gasteiger partial charge on any atom is -0.340 e. The van der Waals surface area contributed by atoms with Crippen molar-refractivity contribution in [2.75, 3.05) is 5.32 Å². The van der Waals surface area contributed by atoms with E-state index in [4.69, 9.17) is 11.6 Å². The monoisotopic (exact) mass is 315 g/mol. The summed E-state index contributed by atoms with van der Waals surface area (Å²) >= 11 is 7.76. The van der Waals surface area contributed by atoms with Crippen molar-refractivity contribution in [3.05, 3.63) is 45.6 Å². The molecule has 0 saturated carbocycles.